The van der Waals surface area contributed by atoms with Gasteiger partial charge in [0.2, 0.25) is 0 Å². The van der Waals surface area contributed by atoms with Crippen molar-refractivity contribution in [1.82, 2.24) is 4.90 Å². The average molecular weight is 225 g/mol. The minimum atomic E-state index is -0.408. The summed E-state index contributed by atoms with van der Waals surface area (Å²) in [6.07, 6.45) is 7.10. The molecule has 0 aromatic heterocycles. The third kappa shape index (κ3) is 3.87. The van der Waals surface area contributed by atoms with Crippen molar-refractivity contribution in [3.05, 3.63) is 12.2 Å². The fourth-order valence-corrected chi connectivity index (χ4v) is 1.87. The smallest absolute Gasteiger partial charge is 0.410 e. The van der Waals surface area contributed by atoms with Gasteiger partial charge in [-0.1, -0.05) is 25.5 Å². The lowest BCUT2D eigenvalue weighted by Gasteiger charge is -2.34. The summed E-state index contributed by atoms with van der Waals surface area (Å²) in [5.41, 5.74) is -0.408. The summed E-state index contributed by atoms with van der Waals surface area (Å²) in [7, 11) is 0. The van der Waals surface area contributed by atoms with Crippen LogP contribution in [0, 0.1) is 0 Å². The molecule has 1 aliphatic heterocycles. The molecule has 0 saturated heterocycles. The van der Waals surface area contributed by atoms with E-state index in [0.717, 1.165) is 19.3 Å². The Kier molecular flexibility index (Phi) is 4.39. The molecule has 1 amide bonds. The van der Waals surface area contributed by atoms with Crippen LogP contribution in [0.15, 0.2) is 12.2 Å². The third-order valence-electron chi connectivity index (χ3n) is 2.57. The van der Waals surface area contributed by atoms with E-state index >= 15 is 0 Å². The second-order valence-corrected chi connectivity index (χ2v) is 5.28. The topological polar surface area (TPSA) is 29.5 Å². The van der Waals surface area contributed by atoms with E-state index in [-0.39, 0.29) is 6.09 Å². The molecular weight excluding hydrogens is 202 g/mol. The van der Waals surface area contributed by atoms with Crippen molar-refractivity contribution in [2.75, 3.05) is 6.54 Å². The van der Waals surface area contributed by atoms with Gasteiger partial charge in [-0.3, -0.25) is 0 Å². The van der Waals surface area contributed by atoms with Crippen LogP contribution in [-0.4, -0.2) is 29.2 Å². The van der Waals surface area contributed by atoms with Crippen LogP contribution in [0.25, 0.3) is 0 Å². The number of hydrogen-bond donors (Lipinski definition) is 0. The van der Waals surface area contributed by atoms with Gasteiger partial charge in [-0.2, -0.15) is 0 Å². The number of hydrogen-bond acceptors (Lipinski definition) is 2. The minimum Gasteiger partial charge on any atom is -0.444 e. The van der Waals surface area contributed by atoms with Crippen LogP contribution >= 0.6 is 0 Å². The highest BCUT2D eigenvalue weighted by Gasteiger charge is 2.27. The summed E-state index contributed by atoms with van der Waals surface area (Å²) in [6, 6.07) is 0.310. The van der Waals surface area contributed by atoms with E-state index in [9.17, 15) is 4.79 Å². The SMILES string of the molecule is CCC[C@@H]1CC=CCN1C(=O)OC(C)(C)C. The highest BCUT2D eigenvalue weighted by Crippen LogP contribution is 2.19. The quantitative estimate of drug-likeness (QED) is 0.674. The first-order valence-corrected chi connectivity index (χ1v) is 6.08. The zero-order chi connectivity index (χ0) is 12.2. The van der Waals surface area contributed by atoms with Crippen molar-refractivity contribution in [1.29, 1.82) is 0 Å². The molecular formula is C13H23NO2. The predicted molar refractivity (Wildman–Crippen MR) is 65.4 cm³/mol. The van der Waals surface area contributed by atoms with Crippen molar-refractivity contribution < 1.29 is 9.53 Å². The van der Waals surface area contributed by atoms with Gasteiger partial charge in [-0.25, -0.2) is 4.79 Å². The number of ether oxygens (including phenoxy) is 1. The van der Waals surface area contributed by atoms with Gasteiger partial charge in [0, 0.05) is 12.6 Å². The summed E-state index contributed by atoms with van der Waals surface area (Å²) >= 11 is 0. The zero-order valence-electron chi connectivity index (χ0n) is 10.8. The van der Waals surface area contributed by atoms with E-state index in [1.807, 2.05) is 31.7 Å². The Balaban J connectivity index is 2.61. The molecule has 0 unspecified atom stereocenters. The minimum absolute atomic E-state index is 0.185. The van der Waals surface area contributed by atoms with E-state index < -0.39 is 5.60 Å². The molecule has 0 aliphatic carbocycles. The van der Waals surface area contributed by atoms with Crippen LogP contribution in [0.4, 0.5) is 4.79 Å². The summed E-state index contributed by atoms with van der Waals surface area (Å²) in [5, 5.41) is 0. The first-order valence-electron chi connectivity index (χ1n) is 6.08. The lowest BCUT2D eigenvalue weighted by molar-refractivity contribution is 0.0170. The zero-order valence-corrected chi connectivity index (χ0v) is 10.8. The van der Waals surface area contributed by atoms with Gasteiger partial charge in [-0.15, -0.1) is 0 Å². The normalized spacial score (nSPS) is 21.0. The molecule has 0 bridgehead atoms. The molecule has 0 N–H and O–H groups in total. The van der Waals surface area contributed by atoms with Crippen LogP contribution in [-0.2, 0) is 4.74 Å². The number of rotatable bonds is 2. The van der Waals surface area contributed by atoms with Crippen molar-refractivity contribution in [3.8, 4) is 0 Å². The van der Waals surface area contributed by atoms with Crippen molar-refractivity contribution in [3.63, 3.8) is 0 Å². The molecule has 3 heteroatoms. The fraction of sp³-hybridized carbons (Fsp3) is 0.769. The van der Waals surface area contributed by atoms with Crippen LogP contribution < -0.4 is 0 Å². The molecule has 16 heavy (non-hydrogen) atoms. The third-order valence-corrected chi connectivity index (χ3v) is 2.57. The first kappa shape index (κ1) is 13.1. The molecule has 1 rings (SSSR count). The Bertz CT molecular complexity index is 266. The van der Waals surface area contributed by atoms with E-state index in [0.29, 0.717) is 12.6 Å². The van der Waals surface area contributed by atoms with Crippen molar-refractivity contribution >= 4 is 6.09 Å². The Hall–Kier alpha value is -0.990. The maximum absolute atomic E-state index is 12.0. The van der Waals surface area contributed by atoms with E-state index in [2.05, 4.69) is 13.0 Å². The van der Waals surface area contributed by atoms with Gasteiger partial charge < -0.3 is 9.64 Å². The summed E-state index contributed by atoms with van der Waals surface area (Å²) < 4.78 is 5.41. The molecule has 92 valence electrons. The molecule has 0 radical (unpaired) electrons. The van der Waals surface area contributed by atoms with Gasteiger partial charge in [0.25, 0.3) is 0 Å². The molecule has 1 atom stereocenters. The molecule has 0 aromatic rings. The largest absolute Gasteiger partial charge is 0.444 e. The first-order chi connectivity index (χ1) is 7.44. The Morgan fingerprint density at radius 1 is 1.44 bits per heavy atom. The average Bonchev–Trinajstić information content (AvgIpc) is 2.16. The summed E-state index contributed by atoms with van der Waals surface area (Å²) in [6.45, 7) is 8.53. The van der Waals surface area contributed by atoms with Crippen LogP contribution in [0.2, 0.25) is 0 Å². The van der Waals surface area contributed by atoms with Crippen molar-refractivity contribution in [2.45, 2.75) is 58.6 Å². The Labute approximate surface area is 98.5 Å². The number of carbonyl (C=O) groups is 1. The number of amides is 1. The highest BCUT2D eigenvalue weighted by molar-refractivity contribution is 5.69. The van der Waals surface area contributed by atoms with E-state index in [1.165, 1.54) is 0 Å². The van der Waals surface area contributed by atoms with Crippen LogP contribution in [0.5, 0.6) is 0 Å². The Morgan fingerprint density at radius 3 is 2.69 bits per heavy atom. The van der Waals surface area contributed by atoms with Gasteiger partial charge in [0.05, 0.1) is 0 Å². The van der Waals surface area contributed by atoms with E-state index in [1.54, 1.807) is 0 Å². The van der Waals surface area contributed by atoms with E-state index in [4.69, 9.17) is 4.74 Å². The lowest BCUT2D eigenvalue weighted by Crippen LogP contribution is -2.44. The molecule has 0 saturated carbocycles. The van der Waals surface area contributed by atoms with Gasteiger partial charge in [-0.05, 0) is 33.6 Å². The molecule has 0 aromatic carbocycles. The highest BCUT2D eigenvalue weighted by atomic mass is 16.6. The van der Waals surface area contributed by atoms with Gasteiger partial charge in [0.15, 0.2) is 0 Å². The van der Waals surface area contributed by atoms with Crippen LogP contribution in [0.1, 0.15) is 47.0 Å². The summed E-state index contributed by atoms with van der Waals surface area (Å²) in [4.78, 5) is 13.8. The molecule has 1 aliphatic rings. The maximum Gasteiger partial charge on any atom is 0.410 e. The van der Waals surface area contributed by atoms with Crippen LogP contribution in [0.3, 0.4) is 0 Å². The molecule has 0 spiro atoms. The van der Waals surface area contributed by atoms with Gasteiger partial charge in [0.1, 0.15) is 5.60 Å². The monoisotopic (exact) mass is 225 g/mol. The Morgan fingerprint density at radius 2 is 2.12 bits per heavy atom. The van der Waals surface area contributed by atoms with Gasteiger partial charge >= 0.3 is 6.09 Å². The maximum atomic E-state index is 12.0. The fourth-order valence-electron chi connectivity index (χ4n) is 1.87. The standard InChI is InChI=1S/C13H23NO2/c1-5-8-11-9-6-7-10-14(11)12(15)16-13(2,3)4/h6-7,11H,5,8-10H2,1-4H3/t11-/m1/s1. The summed E-state index contributed by atoms with van der Waals surface area (Å²) in [5.74, 6) is 0. The second-order valence-electron chi connectivity index (χ2n) is 5.28. The predicted octanol–water partition coefficient (Wildman–Crippen LogP) is 3.35. The number of carbonyl (C=O) groups excluding carboxylic acids is 1. The van der Waals surface area contributed by atoms with Crippen molar-refractivity contribution in [2.24, 2.45) is 0 Å². The molecule has 3 nitrogen and oxygen atoms in total. The molecule has 1 heterocycles. The molecule has 0 fully saturated rings. The lowest BCUT2D eigenvalue weighted by atomic mass is 10.0. The second kappa shape index (κ2) is 5.37. The number of nitrogens with zero attached hydrogens (tertiary/aromatic N) is 1.